The van der Waals surface area contributed by atoms with Crippen molar-refractivity contribution in [2.24, 2.45) is 0 Å². The quantitative estimate of drug-likeness (QED) is 0.832. The highest BCUT2D eigenvalue weighted by Gasteiger charge is 2.33. The number of halogens is 3. The fourth-order valence-electron chi connectivity index (χ4n) is 2.51. The Hall–Kier alpha value is -1.81. The normalized spacial score (nSPS) is 13.2. The Bertz CT molecular complexity index is 601. The van der Waals surface area contributed by atoms with Gasteiger partial charge in [-0.1, -0.05) is 43.3 Å². The Balaban J connectivity index is 2.51. The van der Waals surface area contributed by atoms with Crippen LogP contribution in [0.15, 0.2) is 48.5 Å². The molecule has 4 heteroatoms. The van der Waals surface area contributed by atoms with E-state index in [1.165, 1.54) is 12.1 Å². The Morgan fingerprint density at radius 2 is 1.76 bits per heavy atom. The molecule has 0 aliphatic heterocycles. The molecule has 0 saturated heterocycles. The first kappa shape index (κ1) is 15.6. The molecule has 0 heterocycles. The lowest BCUT2D eigenvalue weighted by molar-refractivity contribution is -0.137. The predicted molar refractivity (Wildman–Crippen MR) is 79.0 cm³/mol. The summed E-state index contributed by atoms with van der Waals surface area (Å²) in [5.74, 6) is 0. The molecule has 0 fully saturated rings. The molecule has 1 nitrogen and oxygen atoms in total. The van der Waals surface area contributed by atoms with Gasteiger partial charge < -0.3 is 5.32 Å². The minimum Gasteiger partial charge on any atom is -0.313 e. The average molecular weight is 293 g/mol. The van der Waals surface area contributed by atoms with Crippen molar-refractivity contribution < 1.29 is 13.2 Å². The fourth-order valence-corrected chi connectivity index (χ4v) is 2.51. The lowest BCUT2D eigenvalue weighted by Crippen LogP contribution is -2.15. The summed E-state index contributed by atoms with van der Waals surface area (Å²) in [5, 5.41) is 3.17. The van der Waals surface area contributed by atoms with Gasteiger partial charge in [-0.2, -0.15) is 13.2 Å². The second-order valence-electron chi connectivity index (χ2n) is 4.92. The van der Waals surface area contributed by atoms with E-state index >= 15 is 0 Å². The van der Waals surface area contributed by atoms with E-state index in [4.69, 9.17) is 0 Å². The summed E-state index contributed by atoms with van der Waals surface area (Å²) in [5.41, 5.74) is 1.21. The Morgan fingerprint density at radius 1 is 1.05 bits per heavy atom. The predicted octanol–water partition coefficient (Wildman–Crippen LogP) is 5.04. The van der Waals surface area contributed by atoms with Crippen LogP contribution in [-0.4, -0.2) is 7.05 Å². The monoisotopic (exact) mass is 293 g/mol. The van der Waals surface area contributed by atoms with Crippen molar-refractivity contribution in [1.82, 2.24) is 5.32 Å². The van der Waals surface area contributed by atoms with E-state index in [2.05, 4.69) is 5.32 Å². The van der Waals surface area contributed by atoms with Crippen molar-refractivity contribution in [3.8, 4) is 11.1 Å². The van der Waals surface area contributed by atoms with E-state index in [1.54, 1.807) is 18.2 Å². The van der Waals surface area contributed by atoms with E-state index in [0.717, 1.165) is 18.1 Å². The van der Waals surface area contributed by atoms with Gasteiger partial charge in [-0.3, -0.25) is 0 Å². The highest BCUT2D eigenvalue weighted by molar-refractivity contribution is 5.68. The van der Waals surface area contributed by atoms with Crippen molar-refractivity contribution in [2.75, 3.05) is 7.05 Å². The van der Waals surface area contributed by atoms with E-state index in [0.29, 0.717) is 5.56 Å². The number of hydrogen-bond acceptors (Lipinski definition) is 1. The molecule has 2 rings (SSSR count). The molecule has 0 bridgehead atoms. The number of hydrogen-bond donors (Lipinski definition) is 1. The van der Waals surface area contributed by atoms with Gasteiger partial charge in [0.05, 0.1) is 5.56 Å². The van der Waals surface area contributed by atoms with Crippen LogP contribution in [0.4, 0.5) is 13.2 Å². The van der Waals surface area contributed by atoms with Crippen LogP contribution in [0.5, 0.6) is 0 Å². The third kappa shape index (κ3) is 3.45. The number of alkyl halides is 3. The van der Waals surface area contributed by atoms with E-state index < -0.39 is 11.7 Å². The lowest BCUT2D eigenvalue weighted by Gasteiger charge is -2.17. The summed E-state index contributed by atoms with van der Waals surface area (Å²) in [7, 11) is 1.85. The molecular weight excluding hydrogens is 275 g/mol. The summed E-state index contributed by atoms with van der Waals surface area (Å²) >= 11 is 0. The minimum absolute atomic E-state index is 0.142. The highest BCUT2D eigenvalue weighted by atomic mass is 19.4. The fraction of sp³-hybridized carbons (Fsp3) is 0.294. The zero-order chi connectivity index (χ0) is 15.5. The first-order valence-electron chi connectivity index (χ1n) is 6.91. The topological polar surface area (TPSA) is 12.0 Å². The SMILES string of the molecule is CCC(NC)c1cccc(-c2ccccc2C(F)(F)F)c1. The number of nitrogens with one attached hydrogen (secondary N) is 1. The molecule has 0 aromatic heterocycles. The van der Waals surface area contributed by atoms with Crippen molar-refractivity contribution in [3.63, 3.8) is 0 Å². The molecule has 0 saturated carbocycles. The third-order valence-electron chi connectivity index (χ3n) is 3.59. The molecule has 21 heavy (non-hydrogen) atoms. The molecule has 1 N–H and O–H groups in total. The summed E-state index contributed by atoms with van der Waals surface area (Å²) in [4.78, 5) is 0. The molecule has 2 aromatic carbocycles. The van der Waals surface area contributed by atoms with Gasteiger partial charge >= 0.3 is 6.18 Å². The molecule has 1 unspecified atom stereocenters. The summed E-state index contributed by atoms with van der Waals surface area (Å²) in [6.07, 6.45) is -3.47. The van der Waals surface area contributed by atoms with E-state index in [1.807, 2.05) is 26.1 Å². The van der Waals surface area contributed by atoms with Gasteiger partial charge in [-0.05, 0) is 42.3 Å². The van der Waals surface area contributed by atoms with Gasteiger partial charge in [-0.25, -0.2) is 0 Å². The summed E-state index contributed by atoms with van der Waals surface area (Å²) in [6.45, 7) is 2.04. The Morgan fingerprint density at radius 3 is 2.38 bits per heavy atom. The van der Waals surface area contributed by atoms with Crippen LogP contribution < -0.4 is 5.32 Å². The zero-order valence-electron chi connectivity index (χ0n) is 12.0. The Labute approximate surface area is 122 Å². The summed E-state index contributed by atoms with van der Waals surface area (Å²) < 4.78 is 39.3. The molecule has 1 atom stereocenters. The van der Waals surface area contributed by atoms with Gasteiger partial charge in [0.1, 0.15) is 0 Å². The van der Waals surface area contributed by atoms with Gasteiger partial charge in [0.25, 0.3) is 0 Å². The third-order valence-corrected chi connectivity index (χ3v) is 3.59. The smallest absolute Gasteiger partial charge is 0.313 e. The molecule has 0 aliphatic rings. The van der Waals surface area contributed by atoms with E-state index in [9.17, 15) is 13.2 Å². The minimum atomic E-state index is -4.35. The standard InChI is InChI=1S/C17H18F3N/c1-3-16(21-2)13-8-6-7-12(11-13)14-9-4-5-10-15(14)17(18,19)20/h4-11,16,21H,3H2,1-2H3. The van der Waals surface area contributed by atoms with Crippen LogP contribution in [0.1, 0.15) is 30.5 Å². The van der Waals surface area contributed by atoms with Crippen LogP contribution in [0.2, 0.25) is 0 Å². The van der Waals surface area contributed by atoms with E-state index in [-0.39, 0.29) is 11.6 Å². The van der Waals surface area contributed by atoms with Gasteiger partial charge in [0, 0.05) is 6.04 Å². The molecule has 112 valence electrons. The number of benzene rings is 2. The van der Waals surface area contributed by atoms with Crippen LogP contribution in [0, 0.1) is 0 Å². The van der Waals surface area contributed by atoms with Gasteiger partial charge in [0.2, 0.25) is 0 Å². The second kappa shape index (κ2) is 6.31. The highest BCUT2D eigenvalue weighted by Crippen LogP contribution is 2.37. The van der Waals surface area contributed by atoms with Crippen molar-refractivity contribution in [1.29, 1.82) is 0 Å². The Kier molecular flexibility index (Phi) is 4.68. The maximum Gasteiger partial charge on any atom is 0.417 e. The molecule has 0 spiro atoms. The lowest BCUT2D eigenvalue weighted by atomic mass is 9.95. The first-order chi connectivity index (χ1) is 9.97. The molecule has 0 radical (unpaired) electrons. The van der Waals surface area contributed by atoms with Crippen molar-refractivity contribution in [3.05, 3.63) is 59.7 Å². The zero-order valence-corrected chi connectivity index (χ0v) is 12.0. The average Bonchev–Trinajstić information content (AvgIpc) is 2.48. The molecule has 0 amide bonds. The van der Waals surface area contributed by atoms with Crippen LogP contribution in [0.25, 0.3) is 11.1 Å². The van der Waals surface area contributed by atoms with Crippen LogP contribution >= 0.6 is 0 Å². The van der Waals surface area contributed by atoms with Gasteiger partial charge in [-0.15, -0.1) is 0 Å². The number of rotatable bonds is 4. The molecule has 0 aliphatic carbocycles. The maximum absolute atomic E-state index is 13.1. The van der Waals surface area contributed by atoms with Crippen molar-refractivity contribution >= 4 is 0 Å². The molecular formula is C17H18F3N. The first-order valence-corrected chi connectivity index (χ1v) is 6.91. The van der Waals surface area contributed by atoms with Gasteiger partial charge in [0.15, 0.2) is 0 Å². The molecule has 2 aromatic rings. The second-order valence-corrected chi connectivity index (χ2v) is 4.92. The van der Waals surface area contributed by atoms with Crippen LogP contribution in [0.3, 0.4) is 0 Å². The van der Waals surface area contributed by atoms with Crippen LogP contribution in [-0.2, 0) is 6.18 Å². The van der Waals surface area contributed by atoms with Crippen molar-refractivity contribution in [2.45, 2.75) is 25.6 Å². The largest absolute Gasteiger partial charge is 0.417 e. The maximum atomic E-state index is 13.1. The summed E-state index contributed by atoms with van der Waals surface area (Å²) in [6, 6.07) is 13.1.